The smallest absolute Gasteiger partial charge is 0.242 e. The first-order valence-corrected chi connectivity index (χ1v) is 11.3. The molecule has 1 atom stereocenters. The molecule has 1 saturated carbocycles. The average Bonchev–Trinajstić information content (AvgIpc) is 3.36. The van der Waals surface area contributed by atoms with Crippen LogP contribution < -0.4 is 5.32 Å². The fourth-order valence-electron chi connectivity index (χ4n) is 3.95. The summed E-state index contributed by atoms with van der Waals surface area (Å²) in [6.07, 6.45) is 3.75. The maximum atomic E-state index is 13.5. The van der Waals surface area contributed by atoms with E-state index in [-0.39, 0.29) is 17.7 Å². The number of rotatable bonds is 5. The van der Waals surface area contributed by atoms with E-state index >= 15 is 0 Å². The van der Waals surface area contributed by atoms with Crippen molar-refractivity contribution in [1.29, 1.82) is 0 Å². The molecular weight excluding hydrogens is 412 g/mol. The molecule has 1 N–H and O–H groups in total. The predicted octanol–water partition coefficient (Wildman–Crippen LogP) is 3.35. The lowest BCUT2D eigenvalue weighted by Crippen LogP contribution is -2.51. The molecule has 1 unspecified atom stereocenters. The van der Waals surface area contributed by atoms with Crippen molar-refractivity contribution in [2.45, 2.75) is 48.3 Å². The lowest BCUT2D eigenvalue weighted by Gasteiger charge is -2.29. The highest BCUT2D eigenvalue weighted by Gasteiger charge is 2.53. The van der Waals surface area contributed by atoms with Gasteiger partial charge in [-0.3, -0.25) is 9.20 Å². The average molecular weight is 433 g/mol. The monoisotopic (exact) mass is 432 g/mol. The molecule has 4 rings (SSSR count). The topological polar surface area (TPSA) is 93.4 Å². The van der Waals surface area contributed by atoms with Gasteiger partial charge in [-0.2, -0.15) is 0 Å². The zero-order valence-electron chi connectivity index (χ0n) is 15.9. The van der Waals surface area contributed by atoms with Crippen molar-refractivity contribution in [1.82, 2.24) is 19.9 Å². The summed E-state index contributed by atoms with van der Waals surface area (Å²) in [6.45, 7) is 1.78. The summed E-state index contributed by atoms with van der Waals surface area (Å²) in [4.78, 5) is 13.4. The van der Waals surface area contributed by atoms with Crippen LogP contribution in [0.2, 0.25) is 5.02 Å². The zero-order valence-corrected chi connectivity index (χ0v) is 17.4. The van der Waals surface area contributed by atoms with E-state index in [0.717, 1.165) is 0 Å². The molecule has 1 aliphatic carbocycles. The van der Waals surface area contributed by atoms with E-state index in [0.29, 0.717) is 29.3 Å². The van der Waals surface area contributed by atoms with Crippen molar-refractivity contribution < 1.29 is 13.2 Å². The summed E-state index contributed by atoms with van der Waals surface area (Å²) in [5, 5.41) is 11.6. The minimum atomic E-state index is -3.89. The van der Waals surface area contributed by atoms with Gasteiger partial charge in [0.25, 0.3) is 0 Å². The highest BCUT2D eigenvalue weighted by Crippen LogP contribution is 2.41. The number of nitrogens with zero attached hydrogens (tertiary/aromatic N) is 3. The van der Waals surface area contributed by atoms with Gasteiger partial charge in [-0.1, -0.05) is 30.5 Å². The third-order valence-electron chi connectivity index (χ3n) is 5.54. The highest BCUT2D eigenvalue weighted by atomic mass is 35.5. The van der Waals surface area contributed by atoms with Crippen LogP contribution in [0.1, 0.15) is 44.5 Å². The van der Waals surface area contributed by atoms with Crippen LogP contribution in [0, 0.1) is 0 Å². The van der Waals surface area contributed by atoms with Crippen LogP contribution in [0.4, 0.5) is 0 Å². The van der Waals surface area contributed by atoms with Crippen LogP contribution in [0.15, 0.2) is 53.6 Å². The van der Waals surface area contributed by atoms with Crippen molar-refractivity contribution in [3.63, 3.8) is 0 Å². The molecular formula is C20H21ClN4O3S. The van der Waals surface area contributed by atoms with Gasteiger partial charge >= 0.3 is 0 Å². The number of carbonyl (C=O) groups is 1. The van der Waals surface area contributed by atoms with Gasteiger partial charge in [-0.05, 0) is 56.2 Å². The first-order valence-electron chi connectivity index (χ1n) is 9.46. The molecule has 1 fully saturated rings. The standard InChI is InChI=1S/C20H21ClN4O3S/c1-14(18-24-23-17-6-2-5-13-25(17)18)22-19(26)20(11-3-4-12-20)29(27,28)16-9-7-15(21)8-10-16/h2,5-10,13-14H,3-4,11-12H2,1H3,(H,22,26). The number of benzene rings is 1. The Morgan fingerprint density at radius 2 is 1.83 bits per heavy atom. The second-order valence-corrected chi connectivity index (χ2v) is 10.0. The number of nitrogens with one attached hydrogen (secondary N) is 1. The van der Waals surface area contributed by atoms with Crippen LogP contribution in [0.25, 0.3) is 5.65 Å². The van der Waals surface area contributed by atoms with Gasteiger partial charge in [0, 0.05) is 11.2 Å². The summed E-state index contributed by atoms with van der Waals surface area (Å²) in [7, 11) is -3.89. The van der Waals surface area contributed by atoms with Crippen molar-refractivity contribution in [3.8, 4) is 0 Å². The predicted molar refractivity (Wildman–Crippen MR) is 109 cm³/mol. The Kier molecular flexibility index (Phi) is 5.08. The summed E-state index contributed by atoms with van der Waals surface area (Å²) < 4.78 is 27.2. The fraction of sp³-hybridized carbons (Fsp3) is 0.350. The van der Waals surface area contributed by atoms with Crippen molar-refractivity contribution >= 4 is 33.0 Å². The first kappa shape index (κ1) is 19.8. The lowest BCUT2D eigenvalue weighted by atomic mass is 10.1. The molecule has 2 heterocycles. The molecule has 0 bridgehead atoms. The number of carbonyl (C=O) groups excluding carboxylic acids is 1. The Labute approximate surface area is 174 Å². The van der Waals surface area contributed by atoms with E-state index in [2.05, 4.69) is 15.5 Å². The maximum Gasteiger partial charge on any atom is 0.242 e. The molecule has 1 amide bonds. The SMILES string of the molecule is CC(NC(=O)C1(S(=O)(=O)c2ccc(Cl)cc2)CCCC1)c1nnc2ccccn12. The Morgan fingerprint density at radius 1 is 1.14 bits per heavy atom. The van der Waals surface area contributed by atoms with Gasteiger partial charge in [0.15, 0.2) is 26.1 Å². The number of amides is 1. The Bertz CT molecular complexity index is 1150. The maximum absolute atomic E-state index is 13.5. The molecule has 2 aromatic heterocycles. The fourth-order valence-corrected chi connectivity index (χ4v) is 6.15. The first-order chi connectivity index (χ1) is 13.8. The van der Waals surface area contributed by atoms with E-state index in [9.17, 15) is 13.2 Å². The van der Waals surface area contributed by atoms with Crippen LogP contribution in [0.3, 0.4) is 0 Å². The molecule has 3 aromatic rings. The molecule has 1 aliphatic rings. The van der Waals surface area contributed by atoms with Gasteiger partial charge in [0.1, 0.15) is 0 Å². The molecule has 152 valence electrons. The molecule has 0 aliphatic heterocycles. The molecule has 29 heavy (non-hydrogen) atoms. The van der Waals surface area contributed by atoms with E-state index in [4.69, 9.17) is 11.6 Å². The molecule has 7 nitrogen and oxygen atoms in total. The summed E-state index contributed by atoms with van der Waals surface area (Å²) in [5.41, 5.74) is 0.660. The highest BCUT2D eigenvalue weighted by molar-refractivity contribution is 7.93. The molecule has 1 aromatic carbocycles. The number of aromatic nitrogens is 3. The Balaban J connectivity index is 1.66. The van der Waals surface area contributed by atoms with Crippen LogP contribution >= 0.6 is 11.6 Å². The van der Waals surface area contributed by atoms with Crippen LogP contribution in [-0.2, 0) is 14.6 Å². The zero-order chi connectivity index (χ0) is 20.6. The molecule has 0 radical (unpaired) electrons. The molecule has 0 saturated heterocycles. The normalized spacial score (nSPS) is 17.3. The van der Waals surface area contributed by atoms with Gasteiger partial charge < -0.3 is 5.32 Å². The molecule has 0 spiro atoms. The summed E-state index contributed by atoms with van der Waals surface area (Å²) in [6, 6.07) is 11.0. The summed E-state index contributed by atoms with van der Waals surface area (Å²) in [5.74, 6) is 0.0520. The third-order valence-corrected chi connectivity index (χ3v) is 8.31. The van der Waals surface area contributed by atoms with Gasteiger partial charge in [-0.15, -0.1) is 10.2 Å². The molecule has 9 heteroatoms. The number of halogens is 1. The number of hydrogen-bond donors (Lipinski definition) is 1. The van der Waals surface area contributed by atoms with E-state index < -0.39 is 26.5 Å². The second-order valence-electron chi connectivity index (χ2n) is 7.34. The largest absolute Gasteiger partial charge is 0.345 e. The second kappa shape index (κ2) is 7.42. The van der Waals surface area contributed by atoms with Gasteiger partial charge in [-0.25, -0.2) is 8.42 Å². The van der Waals surface area contributed by atoms with Crippen molar-refractivity contribution in [2.24, 2.45) is 0 Å². The number of pyridine rings is 1. The lowest BCUT2D eigenvalue weighted by molar-refractivity contribution is -0.124. The van der Waals surface area contributed by atoms with E-state index in [1.807, 2.05) is 24.4 Å². The van der Waals surface area contributed by atoms with Crippen LogP contribution in [-0.4, -0.2) is 33.7 Å². The van der Waals surface area contributed by atoms with Gasteiger partial charge in [0.05, 0.1) is 10.9 Å². The minimum Gasteiger partial charge on any atom is -0.345 e. The van der Waals surface area contributed by atoms with Gasteiger partial charge in [0.2, 0.25) is 5.91 Å². The van der Waals surface area contributed by atoms with E-state index in [1.54, 1.807) is 11.3 Å². The van der Waals surface area contributed by atoms with Crippen molar-refractivity contribution in [3.05, 3.63) is 59.5 Å². The van der Waals surface area contributed by atoms with E-state index in [1.165, 1.54) is 24.3 Å². The quantitative estimate of drug-likeness (QED) is 0.667. The minimum absolute atomic E-state index is 0.111. The van der Waals surface area contributed by atoms with Crippen LogP contribution in [0.5, 0.6) is 0 Å². The summed E-state index contributed by atoms with van der Waals surface area (Å²) >= 11 is 5.90. The Morgan fingerprint density at radius 3 is 2.52 bits per heavy atom. The number of hydrogen-bond acceptors (Lipinski definition) is 5. The number of fused-ring (bicyclic) bond motifs is 1. The number of sulfone groups is 1. The third kappa shape index (κ3) is 3.30. The van der Waals surface area contributed by atoms with Crippen molar-refractivity contribution in [2.75, 3.05) is 0 Å². The Hall–Kier alpha value is -2.45.